The van der Waals surface area contributed by atoms with Crippen LogP contribution in [0.25, 0.3) is 10.8 Å². The summed E-state index contributed by atoms with van der Waals surface area (Å²) >= 11 is 0. The normalized spacial score (nSPS) is 10.8. The Bertz CT molecular complexity index is 710. The highest BCUT2D eigenvalue weighted by molar-refractivity contribution is 5.94. The highest BCUT2D eigenvalue weighted by Gasteiger charge is 2.06. The fourth-order valence-corrected chi connectivity index (χ4v) is 2.23. The smallest absolute Gasteiger partial charge is 0.207 e. The van der Waals surface area contributed by atoms with Crippen LogP contribution in [-0.2, 0) is 6.54 Å². The van der Waals surface area contributed by atoms with Gasteiger partial charge in [0.1, 0.15) is 0 Å². The summed E-state index contributed by atoms with van der Waals surface area (Å²) in [4.78, 5) is 8.71. The van der Waals surface area contributed by atoms with E-state index in [1.54, 1.807) is 0 Å². The van der Waals surface area contributed by atoms with Crippen LogP contribution in [0.1, 0.15) is 12.6 Å². The summed E-state index contributed by atoms with van der Waals surface area (Å²) in [5.74, 6) is 0.872. The van der Waals surface area contributed by atoms with Crippen LogP contribution in [-0.4, -0.2) is 14.5 Å². The first-order valence-corrected chi connectivity index (χ1v) is 6.41. The molecule has 3 aromatic rings. The Hall–Kier alpha value is -2.36. The van der Waals surface area contributed by atoms with Crippen LogP contribution in [0.2, 0.25) is 0 Å². The zero-order valence-corrected chi connectivity index (χ0v) is 11.1. The van der Waals surface area contributed by atoms with Crippen molar-refractivity contribution >= 4 is 22.4 Å². The quantitative estimate of drug-likeness (QED) is 0.775. The molecule has 0 aliphatic heterocycles. The van der Waals surface area contributed by atoms with E-state index in [2.05, 4.69) is 32.8 Å². The number of aryl methyl sites for hydroxylation is 2. The summed E-state index contributed by atoms with van der Waals surface area (Å²) in [6.45, 7) is 5.01. The van der Waals surface area contributed by atoms with Crippen molar-refractivity contribution in [1.82, 2.24) is 14.5 Å². The number of aromatic nitrogens is 3. The minimum absolute atomic E-state index is 0.872. The third-order valence-electron chi connectivity index (χ3n) is 3.17. The molecule has 4 nitrogen and oxygen atoms in total. The number of hydrogen-bond donors (Lipinski definition) is 1. The van der Waals surface area contributed by atoms with Gasteiger partial charge in [-0.3, -0.25) is 4.98 Å². The standard InChI is InChI=1S/C15H16N4/c1-3-19-10-11(2)17-15(19)18-14-6-4-5-12-7-8-16-9-13(12)14/h4-10H,3H2,1-2H3,(H,17,18). The maximum absolute atomic E-state index is 4.52. The molecule has 0 atom stereocenters. The van der Waals surface area contributed by atoms with E-state index in [1.165, 1.54) is 5.39 Å². The van der Waals surface area contributed by atoms with Crippen LogP contribution in [0.4, 0.5) is 11.6 Å². The monoisotopic (exact) mass is 252 g/mol. The minimum atomic E-state index is 0.872. The van der Waals surface area contributed by atoms with Gasteiger partial charge in [0.15, 0.2) is 0 Å². The molecule has 0 aliphatic rings. The number of nitrogens with one attached hydrogen (secondary N) is 1. The van der Waals surface area contributed by atoms with Gasteiger partial charge in [-0.2, -0.15) is 0 Å². The summed E-state index contributed by atoms with van der Waals surface area (Å²) in [6.07, 6.45) is 5.73. The third-order valence-corrected chi connectivity index (χ3v) is 3.17. The van der Waals surface area contributed by atoms with Gasteiger partial charge in [0, 0.05) is 30.5 Å². The van der Waals surface area contributed by atoms with Gasteiger partial charge in [-0.1, -0.05) is 12.1 Å². The molecule has 2 aromatic heterocycles. The largest absolute Gasteiger partial charge is 0.325 e. The van der Waals surface area contributed by atoms with E-state index in [4.69, 9.17) is 0 Å². The molecule has 0 saturated heterocycles. The molecule has 0 saturated carbocycles. The number of fused-ring (bicyclic) bond motifs is 1. The summed E-state index contributed by atoms with van der Waals surface area (Å²) in [5, 5.41) is 5.68. The first-order valence-electron chi connectivity index (χ1n) is 6.41. The van der Waals surface area contributed by atoms with Crippen molar-refractivity contribution in [3.05, 3.63) is 48.5 Å². The van der Waals surface area contributed by atoms with Gasteiger partial charge < -0.3 is 9.88 Å². The van der Waals surface area contributed by atoms with Crippen molar-refractivity contribution < 1.29 is 0 Å². The lowest BCUT2D eigenvalue weighted by atomic mass is 10.1. The first kappa shape index (κ1) is 11.7. The van der Waals surface area contributed by atoms with Crippen molar-refractivity contribution in [2.24, 2.45) is 0 Å². The number of benzene rings is 1. The summed E-state index contributed by atoms with van der Waals surface area (Å²) < 4.78 is 2.10. The van der Waals surface area contributed by atoms with Crippen LogP contribution >= 0.6 is 0 Å². The number of hydrogen-bond acceptors (Lipinski definition) is 3. The third kappa shape index (κ3) is 2.17. The lowest BCUT2D eigenvalue weighted by molar-refractivity contribution is 0.771. The second-order valence-corrected chi connectivity index (χ2v) is 4.52. The Balaban J connectivity index is 2.05. The van der Waals surface area contributed by atoms with Crippen molar-refractivity contribution in [3.63, 3.8) is 0 Å². The summed E-state index contributed by atoms with van der Waals surface area (Å²) in [5.41, 5.74) is 2.05. The van der Waals surface area contributed by atoms with E-state index in [9.17, 15) is 0 Å². The van der Waals surface area contributed by atoms with Crippen LogP contribution in [0.15, 0.2) is 42.9 Å². The molecule has 0 aliphatic carbocycles. The van der Waals surface area contributed by atoms with Crippen molar-refractivity contribution in [1.29, 1.82) is 0 Å². The number of pyridine rings is 1. The number of imidazole rings is 1. The Morgan fingerprint density at radius 1 is 1.26 bits per heavy atom. The van der Waals surface area contributed by atoms with Crippen molar-refractivity contribution in [2.75, 3.05) is 5.32 Å². The maximum Gasteiger partial charge on any atom is 0.207 e. The van der Waals surface area contributed by atoms with Gasteiger partial charge >= 0.3 is 0 Å². The molecular weight excluding hydrogens is 236 g/mol. The summed E-state index contributed by atoms with van der Waals surface area (Å²) in [7, 11) is 0. The van der Waals surface area contributed by atoms with Gasteiger partial charge in [-0.25, -0.2) is 4.98 Å². The zero-order chi connectivity index (χ0) is 13.2. The van der Waals surface area contributed by atoms with Gasteiger partial charge in [0.2, 0.25) is 5.95 Å². The second kappa shape index (κ2) is 4.72. The van der Waals surface area contributed by atoms with E-state index in [1.807, 2.05) is 43.7 Å². The van der Waals surface area contributed by atoms with E-state index < -0.39 is 0 Å². The molecule has 0 amide bonds. The Labute approximate surface area is 112 Å². The molecule has 0 fully saturated rings. The molecule has 4 heteroatoms. The van der Waals surface area contributed by atoms with E-state index in [0.29, 0.717) is 0 Å². The Kier molecular flexibility index (Phi) is 2.91. The predicted molar refractivity (Wildman–Crippen MR) is 77.7 cm³/mol. The lowest BCUT2D eigenvalue weighted by Gasteiger charge is -2.10. The van der Waals surface area contributed by atoms with Gasteiger partial charge in [0.05, 0.1) is 11.4 Å². The Morgan fingerprint density at radius 3 is 3.00 bits per heavy atom. The molecule has 3 rings (SSSR count). The molecule has 0 unspecified atom stereocenters. The van der Waals surface area contributed by atoms with E-state index in [0.717, 1.165) is 29.3 Å². The molecular formula is C15H16N4. The molecule has 1 N–H and O–H groups in total. The topological polar surface area (TPSA) is 42.7 Å². The van der Waals surface area contributed by atoms with E-state index >= 15 is 0 Å². The van der Waals surface area contributed by atoms with Crippen molar-refractivity contribution in [3.8, 4) is 0 Å². The highest BCUT2D eigenvalue weighted by atomic mass is 15.2. The fraction of sp³-hybridized carbons (Fsp3) is 0.200. The fourth-order valence-electron chi connectivity index (χ4n) is 2.23. The van der Waals surface area contributed by atoms with E-state index in [-0.39, 0.29) is 0 Å². The van der Waals surface area contributed by atoms with Crippen LogP contribution < -0.4 is 5.32 Å². The average Bonchev–Trinajstić information content (AvgIpc) is 2.79. The summed E-state index contributed by atoms with van der Waals surface area (Å²) in [6, 6.07) is 8.18. The number of nitrogens with zero attached hydrogens (tertiary/aromatic N) is 3. The molecule has 96 valence electrons. The molecule has 0 spiro atoms. The Morgan fingerprint density at radius 2 is 2.16 bits per heavy atom. The average molecular weight is 252 g/mol. The molecule has 1 aromatic carbocycles. The molecule has 0 bridgehead atoms. The van der Waals surface area contributed by atoms with Crippen molar-refractivity contribution in [2.45, 2.75) is 20.4 Å². The van der Waals surface area contributed by atoms with Gasteiger partial charge in [-0.05, 0) is 31.4 Å². The molecule has 19 heavy (non-hydrogen) atoms. The van der Waals surface area contributed by atoms with Gasteiger partial charge in [-0.15, -0.1) is 0 Å². The minimum Gasteiger partial charge on any atom is -0.325 e. The van der Waals surface area contributed by atoms with Crippen LogP contribution in [0.5, 0.6) is 0 Å². The number of anilines is 2. The first-order chi connectivity index (χ1) is 9.28. The zero-order valence-electron chi connectivity index (χ0n) is 11.1. The van der Waals surface area contributed by atoms with Crippen LogP contribution in [0.3, 0.4) is 0 Å². The van der Waals surface area contributed by atoms with Crippen LogP contribution in [0, 0.1) is 6.92 Å². The molecule has 2 heterocycles. The second-order valence-electron chi connectivity index (χ2n) is 4.52. The maximum atomic E-state index is 4.52. The highest BCUT2D eigenvalue weighted by Crippen LogP contribution is 2.25. The SMILES string of the molecule is CCn1cc(C)nc1Nc1cccc2ccncc12. The number of rotatable bonds is 3. The lowest BCUT2D eigenvalue weighted by Crippen LogP contribution is -2.01. The predicted octanol–water partition coefficient (Wildman–Crippen LogP) is 3.50. The molecule has 0 radical (unpaired) electrons. The van der Waals surface area contributed by atoms with Gasteiger partial charge in [0.25, 0.3) is 0 Å².